The van der Waals surface area contributed by atoms with E-state index in [0.717, 1.165) is 24.3 Å². The van der Waals surface area contributed by atoms with Gasteiger partial charge in [-0.1, -0.05) is 0 Å². The maximum absolute atomic E-state index is 9.94. The number of H-pyrrole nitrogens is 1. The van der Waals surface area contributed by atoms with E-state index in [1.165, 1.54) is 6.33 Å². The highest BCUT2D eigenvalue weighted by atomic mass is 16.3. The number of aromatic nitrogens is 4. The summed E-state index contributed by atoms with van der Waals surface area (Å²) in [4.78, 5) is 20.0. The van der Waals surface area contributed by atoms with Gasteiger partial charge >= 0.3 is 0 Å². The van der Waals surface area contributed by atoms with Crippen molar-refractivity contribution in [3.8, 4) is 0 Å². The molecule has 2 atom stereocenters. The zero-order valence-electron chi connectivity index (χ0n) is 11.1. The standard InChI is InChI=1S/C12H18N6O/c1-17(2)4-8-3-9(19)5-18(8)12-10-11(14-6-13-10)15-7-16-12/h6-9,19H,3-5H2,1-2H3,(H,13,14,15,16). The molecule has 1 aliphatic heterocycles. The van der Waals surface area contributed by atoms with Gasteiger partial charge < -0.3 is 19.9 Å². The van der Waals surface area contributed by atoms with Gasteiger partial charge in [-0.2, -0.15) is 0 Å². The van der Waals surface area contributed by atoms with Crippen molar-refractivity contribution in [3.05, 3.63) is 12.7 Å². The van der Waals surface area contributed by atoms with E-state index in [2.05, 4.69) is 29.7 Å². The molecule has 0 amide bonds. The predicted octanol–water partition coefficient (Wildman–Crippen LogP) is -0.146. The molecule has 3 rings (SSSR count). The number of hydrogen-bond donors (Lipinski definition) is 2. The van der Waals surface area contributed by atoms with Crippen molar-refractivity contribution in [2.24, 2.45) is 0 Å². The number of fused-ring (bicyclic) bond motifs is 1. The van der Waals surface area contributed by atoms with Gasteiger partial charge in [0.15, 0.2) is 11.5 Å². The van der Waals surface area contributed by atoms with Crippen molar-refractivity contribution in [1.29, 1.82) is 0 Å². The van der Waals surface area contributed by atoms with Crippen molar-refractivity contribution < 1.29 is 5.11 Å². The lowest BCUT2D eigenvalue weighted by atomic mass is 10.2. The Labute approximate surface area is 111 Å². The molecular weight excluding hydrogens is 244 g/mol. The van der Waals surface area contributed by atoms with E-state index in [-0.39, 0.29) is 12.1 Å². The van der Waals surface area contributed by atoms with Gasteiger partial charge in [0.05, 0.1) is 12.4 Å². The van der Waals surface area contributed by atoms with Crippen LogP contribution in [-0.4, -0.2) is 69.3 Å². The number of rotatable bonds is 3. The molecule has 1 fully saturated rings. The minimum Gasteiger partial charge on any atom is -0.391 e. The smallest absolute Gasteiger partial charge is 0.182 e. The van der Waals surface area contributed by atoms with Crippen LogP contribution < -0.4 is 4.90 Å². The van der Waals surface area contributed by atoms with Crippen LogP contribution in [0.25, 0.3) is 11.2 Å². The number of anilines is 1. The Hall–Kier alpha value is -1.73. The van der Waals surface area contributed by atoms with Gasteiger partial charge in [-0.3, -0.25) is 0 Å². The molecule has 0 radical (unpaired) electrons. The average Bonchev–Trinajstić information content (AvgIpc) is 2.94. The highest BCUT2D eigenvalue weighted by molar-refractivity contribution is 5.83. The fraction of sp³-hybridized carbons (Fsp3) is 0.583. The number of likely N-dealkylation sites (N-methyl/N-ethyl adjacent to an activating group) is 1. The summed E-state index contributed by atoms with van der Waals surface area (Å²) in [5.41, 5.74) is 1.50. The zero-order valence-corrected chi connectivity index (χ0v) is 11.1. The van der Waals surface area contributed by atoms with Crippen LogP contribution in [-0.2, 0) is 0 Å². The first-order valence-electron chi connectivity index (χ1n) is 6.38. The van der Waals surface area contributed by atoms with E-state index in [0.29, 0.717) is 12.2 Å². The Balaban J connectivity index is 1.97. The van der Waals surface area contributed by atoms with E-state index >= 15 is 0 Å². The van der Waals surface area contributed by atoms with E-state index in [1.54, 1.807) is 6.33 Å². The monoisotopic (exact) mass is 262 g/mol. The van der Waals surface area contributed by atoms with Crippen LogP contribution in [0, 0.1) is 0 Å². The molecule has 0 spiro atoms. The largest absolute Gasteiger partial charge is 0.391 e. The molecule has 7 heteroatoms. The van der Waals surface area contributed by atoms with E-state index in [4.69, 9.17) is 0 Å². The maximum atomic E-state index is 9.94. The topological polar surface area (TPSA) is 81.2 Å². The Bertz CT molecular complexity index is 568. The van der Waals surface area contributed by atoms with Gasteiger partial charge in [0.2, 0.25) is 0 Å². The van der Waals surface area contributed by atoms with E-state index in [1.807, 2.05) is 14.1 Å². The number of aromatic amines is 1. The molecule has 2 unspecified atom stereocenters. The van der Waals surface area contributed by atoms with Crippen LogP contribution >= 0.6 is 0 Å². The summed E-state index contributed by atoms with van der Waals surface area (Å²) in [6.45, 7) is 1.49. The first-order valence-corrected chi connectivity index (χ1v) is 6.38. The zero-order chi connectivity index (χ0) is 13.4. The molecule has 0 saturated carbocycles. The molecule has 2 aromatic heterocycles. The predicted molar refractivity (Wildman–Crippen MR) is 72.0 cm³/mol. The lowest BCUT2D eigenvalue weighted by molar-refractivity contribution is 0.191. The van der Waals surface area contributed by atoms with Gasteiger partial charge in [0, 0.05) is 19.1 Å². The fourth-order valence-electron chi connectivity index (χ4n) is 2.72. The second kappa shape index (κ2) is 4.75. The molecule has 0 bridgehead atoms. The van der Waals surface area contributed by atoms with Gasteiger partial charge in [0.25, 0.3) is 0 Å². The average molecular weight is 262 g/mol. The number of nitrogens with zero attached hydrogens (tertiary/aromatic N) is 5. The first-order chi connectivity index (χ1) is 9.15. The van der Waals surface area contributed by atoms with Gasteiger partial charge in [-0.05, 0) is 20.5 Å². The summed E-state index contributed by atoms with van der Waals surface area (Å²) in [7, 11) is 4.07. The molecule has 19 heavy (non-hydrogen) atoms. The number of aliphatic hydroxyl groups is 1. The summed E-state index contributed by atoms with van der Waals surface area (Å²) in [5, 5.41) is 9.94. The third-order valence-corrected chi connectivity index (χ3v) is 3.44. The summed E-state index contributed by atoms with van der Waals surface area (Å²) >= 11 is 0. The highest BCUT2D eigenvalue weighted by Crippen LogP contribution is 2.28. The molecule has 3 heterocycles. The van der Waals surface area contributed by atoms with Crippen molar-refractivity contribution in [2.45, 2.75) is 18.6 Å². The lowest BCUT2D eigenvalue weighted by Crippen LogP contribution is -2.38. The van der Waals surface area contributed by atoms with Gasteiger partial charge in [-0.25, -0.2) is 15.0 Å². The minimum atomic E-state index is -0.308. The normalized spacial score (nSPS) is 23.7. The third-order valence-electron chi connectivity index (χ3n) is 3.44. The summed E-state index contributed by atoms with van der Waals surface area (Å²) in [6, 6.07) is 0.256. The Morgan fingerprint density at radius 2 is 2.26 bits per heavy atom. The summed E-state index contributed by atoms with van der Waals surface area (Å²) < 4.78 is 0. The summed E-state index contributed by atoms with van der Waals surface area (Å²) in [6.07, 6.45) is 3.60. The van der Waals surface area contributed by atoms with Crippen molar-refractivity contribution in [1.82, 2.24) is 24.8 Å². The SMILES string of the molecule is CN(C)CC1CC(O)CN1c1ncnc2nc[nH]c12. The molecule has 0 aliphatic carbocycles. The second-order valence-corrected chi connectivity index (χ2v) is 5.26. The molecule has 1 aliphatic rings. The summed E-state index contributed by atoms with van der Waals surface area (Å²) in [5.74, 6) is 0.825. The number of hydrogen-bond acceptors (Lipinski definition) is 6. The Morgan fingerprint density at radius 3 is 3.05 bits per heavy atom. The minimum absolute atomic E-state index is 0.256. The van der Waals surface area contributed by atoms with Crippen LogP contribution in [0.1, 0.15) is 6.42 Å². The van der Waals surface area contributed by atoms with E-state index in [9.17, 15) is 5.11 Å². The number of nitrogens with one attached hydrogen (secondary N) is 1. The molecule has 102 valence electrons. The Morgan fingerprint density at radius 1 is 1.42 bits per heavy atom. The molecule has 1 saturated heterocycles. The van der Waals surface area contributed by atoms with Crippen molar-refractivity contribution in [3.63, 3.8) is 0 Å². The first kappa shape index (κ1) is 12.3. The number of imidazole rings is 1. The molecule has 2 N–H and O–H groups in total. The third kappa shape index (κ3) is 2.26. The molecular formula is C12H18N6O. The fourth-order valence-corrected chi connectivity index (χ4v) is 2.72. The van der Waals surface area contributed by atoms with E-state index < -0.39 is 0 Å². The molecule has 2 aromatic rings. The van der Waals surface area contributed by atoms with Gasteiger partial charge in [0.1, 0.15) is 11.8 Å². The van der Waals surface area contributed by atoms with Crippen LogP contribution in [0.2, 0.25) is 0 Å². The van der Waals surface area contributed by atoms with Crippen molar-refractivity contribution >= 4 is 17.0 Å². The van der Waals surface area contributed by atoms with Crippen LogP contribution in [0.5, 0.6) is 0 Å². The van der Waals surface area contributed by atoms with Crippen LogP contribution in [0.15, 0.2) is 12.7 Å². The quantitative estimate of drug-likeness (QED) is 0.801. The lowest BCUT2D eigenvalue weighted by Gasteiger charge is -2.27. The molecule has 7 nitrogen and oxygen atoms in total. The maximum Gasteiger partial charge on any atom is 0.182 e. The molecule has 0 aromatic carbocycles. The van der Waals surface area contributed by atoms with Gasteiger partial charge in [-0.15, -0.1) is 0 Å². The van der Waals surface area contributed by atoms with Crippen molar-refractivity contribution in [2.75, 3.05) is 32.1 Å². The number of aliphatic hydroxyl groups excluding tert-OH is 1. The second-order valence-electron chi connectivity index (χ2n) is 5.26. The van der Waals surface area contributed by atoms with Crippen LogP contribution in [0.4, 0.5) is 5.82 Å². The Kier molecular flexibility index (Phi) is 3.08. The highest BCUT2D eigenvalue weighted by Gasteiger charge is 2.33. The number of β-amino-alcohol motifs (C(OH)–C–C–N with tert-alkyl or cyclic N) is 1. The van der Waals surface area contributed by atoms with Crippen LogP contribution in [0.3, 0.4) is 0 Å².